The van der Waals surface area contributed by atoms with Gasteiger partial charge in [-0.25, -0.2) is 4.79 Å². The molecule has 0 unspecified atom stereocenters. The van der Waals surface area contributed by atoms with Gasteiger partial charge in [0, 0.05) is 11.2 Å². The highest BCUT2D eigenvalue weighted by Gasteiger charge is 2.36. The van der Waals surface area contributed by atoms with Crippen molar-refractivity contribution in [3.63, 3.8) is 0 Å². The van der Waals surface area contributed by atoms with Crippen LogP contribution < -0.4 is 0 Å². The van der Waals surface area contributed by atoms with E-state index in [0.29, 0.717) is 4.91 Å². The molecule has 27 heavy (non-hydrogen) atoms. The Morgan fingerprint density at radius 2 is 1.37 bits per heavy atom. The van der Waals surface area contributed by atoms with Crippen LogP contribution in [0.5, 0.6) is 0 Å². The Labute approximate surface area is 165 Å². The second kappa shape index (κ2) is 8.01. The number of carbonyl (C=O) groups excluding carboxylic acids is 1. The Morgan fingerprint density at radius 3 is 1.85 bits per heavy atom. The zero-order valence-electron chi connectivity index (χ0n) is 16.0. The monoisotopic (exact) mass is 376 g/mol. The van der Waals surface area contributed by atoms with E-state index in [0.717, 1.165) is 22.3 Å². The molecule has 1 aliphatic heterocycles. The molecule has 0 radical (unpaired) electrons. The SMILES string of the molecule is C=C(c1ccc(C)cc1)[C@H]1C=C(C(=O)OC)S[C@@H]1C(=C)c1ccc(C)cc1. The number of thioether (sulfide) groups is 1. The summed E-state index contributed by atoms with van der Waals surface area (Å²) in [6, 6.07) is 16.7. The fourth-order valence-corrected chi connectivity index (χ4v) is 4.53. The summed E-state index contributed by atoms with van der Waals surface area (Å²) in [5.41, 5.74) is 6.56. The summed E-state index contributed by atoms with van der Waals surface area (Å²) in [4.78, 5) is 12.8. The van der Waals surface area contributed by atoms with Crippen molar-refractivity contribution in [2.24, 2.45) is 5.92 Å². The van der Waals surface area contributed by atoms with E-state index < -0.39 is 0 Å². The molecule has 3 rings (SSSR count). The maximum atomic E-state index is 12.1. The van der Waals surface area contributed by atoms with Gasteiger partial charge in [-0.3, -0.25) is 0 Å². The number of rotatable bonds is 5. The summed E-state index contributed by atoms with van der Waals surface area (Å²) in [6.07, 6.45) is 1.97. The van der Waals surface area contributed by atoms with Gasteiger partial charge in [-0.15, -0.1) is 11.8 Å². The van der Waals surface area contributed by atoms with Gasteiger partial charge in [-0.05, 0) is 36.1 Å². The number of ether oxygens (including phenoxy) is 1. The normalized spacial score (nSPS) is 18.7. The van der Waals surface area contributed by atoms with Crippen molar-refractivity contribution in [2.75, 3.05) is 7.11 Å². The van der Waals surface area contributed by atoms with Crippen LogP contribution in [-0.4, -0.2) is 18.3 Å². The van der Waals surface area contributed by atoms with Crippen LogP contribution in [0.2, 0.25) is 0 Å². The molecule has 2 nitrogen and oxygen atoms in total. The van der Waals surface area contributed by atoms with Crippen molar-refractivity contribution >= 4 is 28.9 Å². The Balaban J connectivity index is 1.94. The standard InChI is InChI=1S/C24H24O2S/c1-15-6-10-19(11-7-15)17(3)21-14-22(24(25)26-5)27-23(21)18(4)20-12-8-16(2)9-13-20/h6-14,21,23H,3-4H2,1-2,5H3/t21-,23-/m1/s1. The number of allylic oxidation sites excluding steroid dienone is 2. The van der Waals surface area contributed by atoms with Crippen molar-refractivity contribution in [1.82, 2.24) is 0 Å². The van der Waals surface area contributed by atoms with Crippen LogP contribution in [-0.2, 0) is 9.53 Å². The fourth-order valence-electron chi connectivity index (χ4n) is 3.18. The molecule has 1 heterocycles. The van der Waals surface area contributed by atoms with Crippen LogP contribution in [0.15, 0.2) is 72.7 Å². The van der Waals surface area contributed by atoms with Crippen LogP contribution in [0, 0.1) is 19.8 Å². The largest absolute Gasteiger partial charge is 0.465 e. The summed E-state index contributed by atoms with van der Waals surface area (Å²) in [7, 11) is 1.41. The van der Waals surface area contributed by atoms with Crippen molar-refractivity contribution in [2.45, 2.75) is 19.1 Å². The van der Waals surface area contributed by atoms with Gasteiger partial charge in [0.05, 0.1) is 12.0 Å². The first-order valence-electron chi connectivity index (χ1n) is 8.89. The molecule has 0 saturated heterocycles. The van der Waals surface area contributed by atoms with Gasteiger partial charge in [0.15, 0.2) is 0 Å². The number of hydrogen-bond donors (Lipinski definition) is 0. The second-order valence-corrected chi connectivity index (χ2v) is 8.05. The molecule has 0 aromatic heterocycles. The molecule has 2 atom stereocenters. The zero-order chi connectivity index (χ0) is 19.6. The maximum Gasteiger partial charge on any atom is 0.344 e. The average molecular weight is 377 g/mol. The van der Waals surface area contributed by atoms with Crippen molar-refractivity contribution < 1.29 is 9.53 Å². The Morgan fingerprint density at radius 1 is 0.889 bits per heavy atom. The van der Waals surface area contributed by atoms with E-state index in [9.17, 15) is 4.79 Å². The third kappa shape index (κ3) is 4.09. The summed E-state index contributed by atoms with van der Waals surface area (Å²) in [5.74, 6) is -0.318. The van der Waals surface area contributed by atoms with Gasteiger partial charge < -0.3 is 4.74 Å². The molecule has 1 aliphatic rings. The highest BCUT2D eigenvalue weighted by atomic mass is 32.2. The van der Waals surface area contributed by atoms with Crippen molar-refractivity contribution in [3.8, 4) is 0 Å². The summed E-state index contributed by atoms with van der Waals surface area (Å²) < 4.78 is 4.95. The van der Waals surface area contributed by atoms with Crippen LogP contribution in [0.1, 0.15) is 22.3 Å². The van der Waals surface area contributed by atoms with Crippen LogP contribution in [0.25, 0.3) is 11.1 Å². The number of methoxy groups -OCH3 is 1. The molecular formula is C24H24O2S. The molecule has 0 aliphatic carbocycles. The van der Waals surface area contributed by atoms with Crippen LogP contribution in [0.4, 0.5) is 0 Å². The smallest absolute Gasteiger partial charge is 0.344 e. The lowest BCUT2D eigenvalue weighted by atomic mass is 9.86. The third-order valence-electron chi connectivity index (χ3n) is 4.89. The van der Waals surface area contributed by atoms with E-state index in [1.807, 2.05) is 6.08 Å². The molecular weight excluding hydrogens is 352 g/mol. The van der Waals surface area contributed by atoms with E-state index >= 15 is 0 Å². The van der Waals surface area contributed by atoms with Gasteiger partial charge in [-0.1, -0.05) is 78.9 Å². The van der Waals surface area contributed by atoms with E-state index in [1.165, 1.54) is 30.0 Å². The first kappa shape index (κ1) is 19.2. The van der Waals surface area contributed by atoms with Crippen molar-refractivity contribution in [1.29, 1.82) is 0 Å². The lowest BCUT2D eigenvalue weighted by Crippen LogP contribution is -2.15. The highest BCUT2D eigenvalue weighted by Crippen LogP contribution is 2.48. The molecule has 0 saturated carbocycles. The second-order valence-electron chi connectivity index (χ2n) is 6.87. The lowest BCUT2D eigenvalue weighted by Gasteiger charge is -2.23. The highest BCUT2D eigenvalue weighted by molar-refractivity contribution is 8.05. The number of aryl methyl sites for hydroxylation is 2. The third-order valence-corrected chi connectivity index (χ3v) is 6.28. The Bertz CT molecular complexity index is 904. The minimum atomic E-state index is -0.305. The quantitative estimate of drug-likeness (QED) is 0.615. The molecule has 138 valence electrons. The summed E-state index contributed by atoms with van der Waals surface area (Å²) in [5, 5.41) is 0.00982. The molecule has 0 amide bonds. The minimum absolute atomic E-state index is 0.00982. The topological polar surface area (TPSA) is 26.3 Å². The predicted octanol–water partition coefficient (Wildman–Crippen LogP) is 5.82. The van der Waals surface area contributed by atoms with E-state index in [4.69, 9.17) is 4.74 Å². The maximum absolute atomic E-state index is 12.1. The first-order valence-corrected chi connectivity index (χ1v) is 9.77. The van der Waals surface area contributed by atoms with Crippen molar-refractivity contribution in [3.05, 3.63) is 94.9 Å². The minimum Gasteiger partial charge on any atom is -0.465 e. The fraction of sp³-hybridized carbons (Fsp3) is 0.208. The molecule has 2 aromatic rings. The van der Waals surface area contributed by atoms with E-state index in [2.05, 4.69) is 75.5 Å². The molecule has 0 fully saturated rings. The molecule has 0 N–H and O–H groups in total. The van der Waals surface area contributed by atoms with Crippen LogP contribution >= 0.6 is 11.8 Å². The van der Waals surface area contributed by atoms with E-state index in [1.54, 1.807) is 0 Å². The predicted molar refractivity (Wildman–Crippen MR) is 115 cm³/mol. The average Bonchev–Trinajstić information content (AvgIpc) is 3.13. The van der Waals surface area contributed by atoms with E-state index in [-0.39, 0.29) is 17.1 Å². The molecule has 3 heteroatoms. The Hall–Kier alpha value is -2.52. The zero-order valence-corrected chi connectivity index (χ0v) is 16.8. The molecule has 0 bridgehead atoms. The van der Waals surface area contributed by atoms with Gasteiger partial charge in [0.25, 0.3) is 0 Å². The van der Waals surface area contributed by atoms with Crippen LogP contribution in [0.3, 0.4) is 0 Å². The summed E-state index contributed by atoms with van der Waals surface area (Å²) >= 11 is 1.51. The summed E-state index contributed by atoms with van der Waals surface area (Å²) in [6.45, 7) is 12.8. The molecule has 2 aromatic carbocycles. The van der Waals surface area contributed by atoms with Gasteiger partial charge in [-0.2, -0.15) is 0 Å². The number of carbonyl (C=O) groups is 1. The number of benzene rings is 2. The Kier molecular flexibility index (Phi) is 5.71. The number of esters is 1. The number of hydrogen-bond acceptors (Lipinski definition) is 3. The van der Waals surface area contributed by atoms with Gasteiger partial charge in [0.2, 0.25) is 0 Å². The van der Waals surface area contributed by atoms with Gasteiger partial charge >= 0.3 is 5.97 Å². The van der Waals surface area contributed by atoms with Gasteiger partial charge in [0.1, 0.15) is 0 Å². The molecule has 0 spiro atoms. The lowest BCUT2D eigenvalue weighted by molar-refractivity contribution is -0.135. The first-order chi connectivity index (χ1) is 12.9.